The van der Waals surface area contributed by atoms with E-state index < -0.39 is 34.5 Å². The van der Waals surface area contributed by atoms with E-state index in [1.165, 1.54) is 13.8 Å². The van der Waals surface area contributed by atoms with Gasteiger partial charge in [0.2, 0.25) is 0 Å². The van der Waals surface area contributed by atoms with Crippen LogP contribution in [0.5, 0.6) is 0 Å². The Balaban J connectivity index is 4.11. The summed E-state index contributed by atoms with van der Waals surface area (Å²) in [4.78, 5) is 0. The minimum Gasteiger partial charge on any atom is -0.310 e. The molecule has 1 N–H and O–H groups in total. The number of alkyl halides is 3. The van der Waals surface area contributed by atoms with Crippen molar-refractivity contribution in [3.63, 3.8) is 0 Å². The highest BCUT2D eigenvalue weighted by Gasteiger charge is 2.30. The van der Waals surface area contributed by atoms with E-state index in [4.69, 9.17) is 0 Å². The van der Waals surface area contributed by atoms with Crippen LogP contribution < -0.4 is 5.32 Å². The molecule has 0 aliphatic rings. The van der Waals surface area contributed by atoms with Crippen molar-refractivity contribution in [1.82, 2.24) is 5.32 Å². The zero-order chi connectivity index (χ0) is 13.0. The molecule has 7 heteroatoms. The van der Waals surface area contributed by atoms with Crippen molar-refractivity contribution in [3.8, 4) is 0 Å². The Bertz CT molecular complexity index is 300. The van der Waals surface area contributed by atoms with Crippen molar-refractivity contribution in [1.29, 1.82) is 0 Å². The van der Waals surface area contributed by atoms with Crippen molar-refractivity contribution in [2.24, 2.45) is 0 Å². The lowest BCUT2D eigenvalue weighted by atomic mass is 10.2. The Kier molecular flexibility index (Phi) is 5.75. The average Bonchev–Trinajstić information content (AvgIpc) is 1.98. The zero-order valence-corrected chi connectivity index (χ0v) is 10.5. The van der Waals surface area contributed by atoms with E-state index in [1.54, 1.807) is 6.92 Å². The molecule has 0 radical (unpaired) electrons. The third-order valence-electron chi connectivity index (χ3n) is 2.05. The largest absolute Gasteiger partial charge is 0.390 e. The summed E-state index contributed by atoms with van der Waals surface area (Å²) in [6, 6.07) is -1.25. The van der Waals surface area contributed by atoms with Gasteiger partial charge in [-0.2, -0.15) is 13.2 Å². The van der Waals surface area contributed by atoms with E-state index in [0.29, 0.717) is 0 Å². The molecule has 0 aliphatic carbocycles. The summed E-state index contributed by atoms with van der Waals surface area (Å²) in [5.74, 6) is -0.127. The first-order valence-electron chi connectivity index (χ1n) is 5.09. The van der Waals surface area contributed by atoms with Gasteiger partial charge < -0.3 is 5.32 Å². The van der Waals surface area contributed by atoms with Gasteiger partial charge in [0.25, 0.3) is 0 Å². The molecule has 0 saturated carbocycles. The van der Waals surface area contributed by atoms with E-state index in [1.807, 2.05) is 0 Å². The van der Waals surface area contributed by atoms with Crippen molar-refractivity contribution in [3.05, 3.63) is 0 Å². The molecule has 2 atom stereocenters. The van der Waals surface area contributed by atoms with Crippen LogP contribution >= 0.6 is 0 Å². The molecule has 16 heavy (non-hydrogen) atoms. The van der Waals surface area contributed by atoms with Gasteiger partial charge in [-0.15, -0.1) is 0 Å². The number of sulfone groups is 1. The second-order valence-corrected chi connectivity index (χ2v) is 6.38. The predicted octanol–water partition coefficient (Wildman–Crippen LogP) is 1.74. The topological polar surface area (TPSA) is 46.2 Å². The van der Waals surface area contributed by atoms with Crippen molar-refractivity contribution in [2.75, 3.05) is 11.5 Å². The summed E-state index contributed by atoms with van der Waals surface area (Å²) >= 11 is 0. The number of rotatable bonds is 6. The SMILES string of the molecule is CCS(=O)(=O)CC(C)NC(C)CC(F)(F)F. The van der Waals surface area contributed by atoms with Crippen LogP contribution in [-0.2, 0) is 9.84 Å². The van der Waals surface area contributed by atoms with Gasteiger partial charge in [-0.1, -0.05) is 6.92 Å². The second-order valence-electron chi connectivity index (χ2n) is 3.99. The van der Waals surface area contributed by atoms with Gasteiger partial charge in [-0.05, 0) is 13.8 Å². The van der Waals surface area contributed by atoms with Gasteiger partial charge in [-0.3, -0.25) is 0 Å². The first kappa shape index (κ1) is 15.7. The van der Waals surface area contributed by atoms with Crippen LogP contribution in [0, 0.1) is 0 Å². The Hall–Kier alpha value is -0.300. The van der Waals surface area contributed by atoms with Crippen LogP contribution in [0.25, 0.3) is 0 Å². The molecule has 0 fully saturated rings. The maximum absolute atomic E-state index is 12.0. The molecule has 0 aromatic carbocycles. The summed E-state index contributed by atoms with van der Waals surface area (Å²) in [5, 5.41) is 2.63. The molecule has 2 unspecified atom stereocenters. The normalized spacial score (nSPS) is 17.1. The fraction of sp³-hybridized carbons (Fsp3) is 1.00. The molecule has 0 aromatic rings. The fourth-order valence-corrected chi connectivity index (χ4v) is 2.53. The van der Waals surface area contributed by atoms with Crippen LogP contribution in [-0.4, -0.2) is 38.2 Å². The van der Waals surface area contributed by atoms with Crippen LogP contribution in [0.1, 0.15) is 27.2 Å². The van der Waals surface area contributed by atoms with E-state index >= 15 is 0 Å². The lowest BCUT2D eigenvalue weighted by Gasteiger charge is -2.20. The van der Waals surface area contributed by atoms with Gasteiger partial charge in [0, 0.05) is 17.8 Å². The molecule has 0 rings (SSSR count). The van der Waals surface area contributed by atoms with Gasteiger partial charge in [-0.25, -0.2) is 8.42 Å². The Morgan fingerprint density at radius 3 is 2.06 bits per heavy atom. The smallest absolute Gasteiger partial charge is 0.310 e. The quantitative estimate of drug-likeness (QED) is 0.792. The van der Waals surface area contributed by atoms with Crippen LogP contribution in [0.4, 0.5) is 13.2 Å². The maximum Gasteiger partial charge on any atom is 0.390 e. The molecular formula is C9H18F3NO2S. The molecular weight excluding hydrogens is 243 g/mol. The highest BCUT2D eigenvalue weighted by atomic mass is 32.2. The Morgan fingerprint density at radius 1 is 1.19 bits per heavy atom. The third kappa shape index (κ3) is 7.92. The lowest BCUT2D eigenvalue weighted by molar-refractivity contribution is -0.139. The first-order valence-corrected chi connectivity index (χ1v) is 6.91. The molecule has 98 valence electrons. The summed E-state index contributed by atoms with van der Waals surface area (Å²) in [7, 11) is -3.15. The Labute approximate surface area is 94.3 Å². The molecule has 0 saturated heterocycles. The summed E-state index contributed by atoms with van der Waals surface area (Å²) < 4.78 is 58.4. The van der Waals surface area contributed by atoms with Gasteiger partial charge in [0.15, 0.2) is 9.84 Å². The predicted molar refractivity (Wildman–Crippen MR) is 57.1 cm³/mol. The highest BCUT2D eigenvalue weighted by Crippen LogP contribution is 2.21. The molecule has 3 nitrogen and oxygen atoms in total. The van der Waals surface area contributed by atoms with Gasteiger partial charge >= 0.3 is 6.18 Å². The second kappa shape index (κ2) is 5.86. The average molecular weight is 261 g/mol. The number of hydrogen-bond donors (Lipinski definition) is 1. The maximum atomic E-state index is 12.0. The van der Waals surface area contributed by atoms with Gasteiger partial charge in [0.05, 0.1) is 12.2 Å². The van der Waals surface area contributed by atoms with Crippen LogP contribution in [0.3, 0.4) is 0 Å². The van der Waals surface area contributed by atoms with E-state index in [0.717, 1.165) is 0 Å². The molecule has 0 amide bonds. The van der Waals surface area contributed by atoms with E-state index in [2.05, 4.69) is 5.32 Å². The highest BCUT2D eigenvalue weighted by molar-refractivity contribution is 7.91. The fourth-order valence-electron chi connectivity index (χ4n) is 1.44. The first-order chi connectivity index (χ1) is 7.06. The van der Waals surface area contributed by atoms with Crippen molar-refractivity contribution >= 4 is 9.84 Å². The summed E-state index contributed by atoms with van der Waals surface area (Å²) in [6.45, 7) is 4.48. The monoisotopic (exact) mass is 261 g/mol. The Morgan fingerprint density at radius 2 is 1.69 bits per heavy atom. The molecule has 0 aliphatic heterocycles. The lowest BCUT2D eigenvalue weighted by Crippen LogP contribution is -2.41. The molecule has 0 heterocycles. The third-order valence-corrected chi connectivity index (χ3v) is 3.94. The number of nitrogens with one attached hydrogen (secondary N) is 1. The van der Waals surface area contributed by atoms with E-state index in [9.17, 15) is 21.6 Å². The van der Waals surface area contributed by atoms with Gasteiger partial charge in [0.1, 0.15) is 0 Å². The van der Waals surface area contributed by atoms with E-state index in [-0.39, 0.29) is 11.5 Å². The molecule has 0 aromatic heterocycles. The zero-order valence-electron chi connectivity index (χ0n) is 9.63. The minimum atomic E-state index is -4.23. The van der Waals surface area contributed by atoms with Crippen LogP contribution in [0.15, 0.2) is 0 Å². The summed E-state index contributed by atoms with van der Waals surface area (Å²) in [6.07, 6.45) is -5.18. The van der Waals surface area contributed by atoms with Crippen LogP contribution in [0.2, 0.25) is 0 Å². The number of halogens is 3. The number of hydrogen-bond acceptors (Lipinski definition) is 3. The molecule has 0 spiro atoms. The summed E-state index contributed by atoms with van der Waals surface area (Å²) in [5.41, 5.74) is 0. The standard InChI is InChI=1S/C9H18F3NO2S/c1-4-16(14,15)6-8(3)13-7(2)5-9(10,11)12/h7-8,13H,4-6H2,1-3H3. The minimum absolute atomic E-state index is 0.00662. The van der Waals surface area contributed by atoms with Crippen molar-refractivity contribution < 1.29 is 21.6 Å². The van der Waals surface area contributed by atoms with Crippen molar-refractivity contribution in [2.45, 2.75) is 45.5 Å². The molecule has 0 bridgehead atoms.